The molecule has 0 aliphatic carbocycles. The molecule has 10 heteroatoms. The molecule has 0 bridgehead atoms. The Morgan fingerprint density at radius 3 is 2.71 bits per heavy atom. The molecule has 1 amide bonds. The van der Waals surface area contributed by atoms with Crippen molar-refractivity contribution >= 4 is 40.5 Å². The van der Waals surface area contributed by atoms with Crippen LogP contribution in [0.25, 0.3) is 11.3 Å². The van der Waals surface area contributed by atoms with Crippen LogP contribution >= 0.6 is 23.2 Å². The molecular formula is C18H13Cl2N5O3. The Hall–Kier alpha value is -3.23. The van der Waals surface area contributed by atoms with Gasteiger partial charge in [-0.25, -0.2) is 5.43 Å². The van der Waals surface area contributed by atoms with Gasteiger partial charge in [0.25, 0.3) is 11.6 Å². The van der Waals surface area contributed by atoms with E-state index in [0.29, 0.717) is 32.6 Å². The summed E-state index contributed by atoms with van der Waals surface area (Å²) in [5.74, 6) is -0.520. The van der Waals surface area contributed by atoms with Crippen LogP contribution in [0.1, 0.15) is 23.0 Å². The van der Waals surface area contributed by atoms with Crippen LogP contribution in [0.3, 0.4) is 0 Å². The number of carbonyl (C=O) groups is 1. The molecule has 0 saturated carbocycles. The molecule has 0 radical (unpaired) electrons. The number of benzene rings is 2. The van der Waals surface area contributed by atoms with Crippen molar-refractivity contribution in [2.24, 2.45) is 5.10 Å². The summed E-state index contributed by atoms with van der Waals surface area (Å²) in [6, 6.07) is 12.4. The highest BCUT2D eigenvalue weighted by molar-refractivity contribution is 6.36. The number of aromatic nitrogens is 2. The lowest BCUT2D eigenvalue weighted by Gasteiger charge is -2.02. The van der Waals surface area contributed by atoms with E-state index in [-0.39, 0.29) is 11.4 Å². The Morgan fingerprint density at radius 1 is 1.21 bits per heavy atom. The Morgan fingerprint density at radius 2 is 2.00 bits per heavy atom. The monoisotopic (exact) mass is 417 g/mol. The van der Waals surface area contributed by atoms with Gasteiger partial charge in [-0.15, -0.1) is 0 Å². The largest absolute Gasteiger partial charge is 0.289 e. The van der Waals surface area contributed by atoms with E-state index in [1.54, 1.807) is 37.3 Å². The normalized spacial score (nSPS) is 11.3. The Labute approximate surface area is 169 Å². The minimum atomic E-state index is -0.520. The standard InChI is InChI=1S/C18H13Cl2N5O3/c1-10(11-3-2-4-13(7-11)25(27)28)21-24-18(26)17-9-16(22-23-17)14-6-5-12(19)8-15(14)20/h2-9H,1H3,(H,22,23)(H,24,26)/b21-10-. The maximum absolute atomic E-state index is 12.3. The summed E-state index contributed by atoms with van der Waals surface area (Å²) in [6.45, 7) is 1.63. The highest BCUT2D eigenvalue weighted by Crippen LogP contribution is 2.29. The summed E-state index contributed by atoms with van der Waals surface area (Å²) in [4.78, 5) is 22.6. The zero-order chi connectivity index (χ0) is 20.3. The molecule has 142 valence electrons. The fourth-order valence-electron chi connectivity index (χ4n) is 2.38. The summed E-state index contributed by atoms with van der Waals surface area (Å²) in [5.41, 5.74) is 4.54. The summed E-state index contributed by atoms with van der Waals surface area (Å²) >= 11 is 12.0. The van der Waals surface area contributed by atoms with Crippen LogP contribution < -0.4 is 5.43 Å². The third-order valence-corrected chi connectivity index (χ3v) is 4.38. The first-order valence-corrected chi connectivity index (χ1v) is 8.71. The minimum absolute atomic E-state index is 0.0589. The van der Waals surface area contributed by atoms with Crippen LogP contribution in [0, 0.1) is 10.1 Å². The molecule has 1 aromatic heterocycles. The van der Waals surface area contributed by atoms with Crippen LogP contribution in [0.5, 0.6) is 0 Å². The third kappa shape index (κ3) is 4.36. The molecule has 0 aliphatic rings. The highest BCUT2D eigenvalue weighted by atomic mass is 35.5. The van der Waals surface area contributed by atoms with Gasteiger partial charge in [-0.2, -0.15) is 10.2 Å². The van der Waals surface area contributed by atoms with Gasteiger partial charge in [-0.3, -0.25) is 20.0 Å². The van der Waals surface area contributed by atoms with Crippen molar-refractivity contribution in [3.63, 3.8) is 0 Å². The van der Waals surface area contributed by atoms with E-state index in [1.807, 2.05) is 0 Å². The number of nitrogens with zero attached hydrogens (tertiary/aromatic N) is 3. The van der Waals surface area contributed by atoms with E-state index in [1.165, 1.54) is 18.2 Å². The average molecular weight is 418 g/mol. The first-order valence-electron chi connectivity index (χ1n) is 7.95. The van der Waals surface area contributed by atoms with E-state index < -0.39 is 10.8 Å². The van der Waals surface area contributed by atoms with E-state index in [2.05, 4.69) is 20.7 Å². The number of carbonyl (C=O) groups excluding carboxylic acids is 1. The van der Waals surface area contributed by atoms with Crippen molar-refractivity contribution in [3.05, 3.63) is 79.9 Å². The van der Waals surface area contributed by atoms with Gasteiger partial charge < -0.3 is 0 Å². The molecule has 28 heavy (non-hydrogen) atoms. The van der Waals surface area contributed by atoms with Crippen LogP contribution in [0.2, 0.25) is 10.0 Å². The van der Waals surface area contributed by atoms with Crippen molar-refractivity contribution in [2.45, 2.75) is 6.92 Å². The van der Waals surface area contributed by atoms with Crippen LogP contribution in [-0.2, 0) is 0 Å². The van der Waals surface area contributed by atoms with Crippen molar-refractivity contribution in [1.29, 1.82) is 0 Å². The number of non-ortho nitro benzene ring substituents is 1. The Bertz CT molecular complexity index is 1090. The quantitative estimate of drug-likeness (QED) is 0.362. The smallest absolute Gasteiger partial charge is 0.272 e. The molecule has 0 saturated heterocycles. The highest BCUT2D eigenvalue weighted by Gasteiger charge is 2.13. The molecule has 0 atom stereocenters. The van der Waals surface area contributed by atoms with Crippen molar-refractivity contribution < 1.29 is 9.72 Å². The number of hydrogen-bond acceptors (Lipinski definition) is 5. The lowest BCUT2D eigenvalue weighted by molar-refractivity contribution is -0.384. The van der Waals surface area contributed by atoms with Crippen molar-refractivity contribution in [1.82, 2.24) is 15.6 Å². The summed E-state index contributed by atoms with van der Waals surface area (Å²) in [6.07, 6.45) is 0. The number of nitro groups is 1. The number of halogens is 2. The average Bonchev–Trinajstić information content (AvgIpc) is 3.15. The number of hydrazone groups is 1. The van der Waals surface area contributed by atoms with Gasteiger partial charge in [0.1, 0.15) is 5.69 Å². The summed E-state index contributed by atoms with van der Waals surface area (Å²) in [7, 11) is 0. The number of rotatable bonds is 5. The Balaban J connectivity index is 1.75. The van der Waals surface area contributed by atoms with E-state index >= 15 is 0 Å². The predicted molar refractivity (Wildman–Crippen MR) is 107 cm³/mol. The first kappa shape index (κ1) is 19.5. The minimum Gasteiger partial charge on any atom is -0.272 e. The number of amides is 1. The van der Waals surface area contributed by atoms with Crippen LogP contribution in [0.15, 0.2) is 53.6 Å². The fourth-order valence-corrected chi connectivity index (χ4v) is 2.88. The predicted octanol–water partition coefficient (Wildman–Crippen LogP) is 4.45. The number of H-pyrrole nitrogens is 1. The van der Waals surface area contributed by atoms with E-state index in [9.17, 15) is 14.9 Å². The summed E-state index contributed by atoms with van der Waals surface area (Å²) < 4.78 is 0. The molecule has 0 fully saturated rings. The molecule has 1 heterocycles. The molecule has 8 nitrogen and oxygen atoms in total. The van der Waals surface area contributed by atoms with Gasteiger partial charge in [0, 0.05) is 28.3 Å². The second-order valence-corrected chi connectivity index (χ2v) is 6.58. The molecular weight excluding hydrogens is 405 g/mol. The molecule has 2 N–H and O–H groups in total. The topological polar surface area (TPSA) is 113 Å². The summed E-state index contributed by atoms with van der Waals surface area (Å²) in [5, 5.41) is 22.4. The number of hydrogen-bond donors (Lipinski definition) is 2. The molecule has 3 aromatic rings. The second-order valence-electron chi connectivity index (χ2n) is 5.74. The molecule has 0 aliphatic heterocycles. The van der Waals surface area contributed by atoms with Crippen molar-refractivity contribution in [2.75, 3.05) is 0 Å². The lowest BCUT2D eigenvalue weighted by Crippen LogP contribution is -2.19. The van der Waals surface area contributed by atoms with E-state index in [0.717, 1.165) is 0 Å². The molecule has 3 rings (SSSR count). The molecule has 0 spiro atoms. The Kier molecular flexibility index (Phi) is 5.72. The van der Waals surface area contributed by atoms with Gasteiger partial charge >= 0.3 is 0 Å². The number of aromatic amines is 1. The first-order chi connectivity index (χ1) is 13.3. The SMILES string of the molecule is C/C(=N/NC(=O)c1cc(-c2ccc(Cl)cc2Cl)n[nH]1)c1cccc([N+](=O)[O-])c1. The van der Waals surface area contributed by atoms with Gasteiger partial charge in [-0.05, 0) is 31.2 Å². The second kappa shape index (κ2) is 8.20. The maximum Gasteiger partial charge on any atom is 0.289 e. The van der Waals surface area contributed by atoms with Gasteiger partial charge in [0.15, 0.2) is 0 Å². The maximum atomic E-state index is 12.3. The fraction of sp³-hybridized carbons (Fsp3) is 0.0556. The molecule has 2 aromatic carbocycles. The third-order valence-electron chi connectivity index (χ3n) is 3.83. The van der Waals surface area contributed by atoms with Crippen LogP contribution in [0.4, 0.5) is 5.69 Å². The van der Waals surface area contributed by atoms with Gasteiger partial charge in [0.2, 0.25) is 0 Å². The van der Waals surface area contributed by atoms with Gasteiger partial charge in [-0.1, -0.05) is 35.3 Å². The zero-order valence-corrected chi connectivity index (χ0v) is 16.0. The number of nitro benzene ring substituents is 1. The van der Waals surface area contributed by atoms with Gasteiger partial charge in [0.05, 0.1) is 21.4 Å². The zero-order valence-electron chi connectivity index (χ0n) is 14.4. The number of nitrogens with one attached hydrogen (secondary N) is 2. The van der Waals surface area contributed by atoms with Crippen molar-refractivity contribution in [3.8, 4) is 11.3 Å². The van der Waals surface area contributed by atoms with E-state index in [4.69, 9.17) is 23.2 Å². The molecule has 0 unspecified atom stereocenters. The lowest BCUT2D eigenvalue weighted by atomic mass is 10.1. The van der Waals surface area contributed by atoms with Crippen LogP contribution in [-0.4, -0.2) is 26.7 Å².